The van der Waals surface area contributed by atoms with Gasteiger partial charge in [-0.15, -0.1) is 0 Å². The molecule has 0 radical (unpaired) electrons. The number of carbonyl (C=O) groups excluding carboxylic acids is 1. The zero-order chi connectivity index (χ0) is 20.2. The fourth-order valence-corrected chi connectivity index (χ4v) is 3.14. The minimum absolute atomic E-state index is 0.178. The predicted molar refractivity (Wildman–Crippen MR) is 105 cm³/mol. The van der Waals surface area contributed by atoms with Crippen molar-refractivity contribution in [3.8, 4) is 5.69 Å². The number of nitro groups is 1. The Morgan fingerprint density at radius 3 is 2.72 bits per heavy atom. The molecule has 148 valence electrons. The number of amides is 1. The van der Waals surface area contributed by atoms with Crippen molar-refractivity contribution < 1.29 is 14.5 Å². The summed E-state index contributed by atoms with van der Waals surface area (Å²) in [6.45, 7) is 2.90. The molecule has 10 nitrogen and oxygen atoms in total. The lowest BCUT2D eigenvalue weighted by Gasteiger charge is -2.29. The lowest BCUT2D eigenvalue weighted by Crippen LogP contribution is -2.36. The fraction of sp³-hybridized carbons (Fsp3) is 0.211. The zero-order valence-electron chi connectivity index (χ0n) is 15.4. The van der Waals surface area contributed by atoms with E-state index in [1.807, 2.05) is 18.2 Å². The van der Waals surface area contributed by atoms with Gasteiger partial charge in [0.25, 0.3) is 11.6 Å². The highest BCUT2D eigenvalue weighted by Crippen LogP contribution is 2.25. The summed E-state index contributed by atoms with van der Waals surface area (Å²) in [5.74, 6) is -0.433. The summed E-state index contributed by atoms with van der Waals surface area (Å²) in [6.07, 6.45) is 2.64. The van der Waals surface area contributed by atoms with E-state index in [2.05, 4.69) is 20.3 Å². The van der Waals surface area contributed by atoms with E-state index in [1.54, 1.807) is 6.07 Å². The van der Waals surface area contributed by atoms with E-state index in [9.17, 15) is 14.9 Å². The van der Waals surface area contributed by atoms with Gasteiger partial charge in [-0.25, -0.2) is 9.67 Å². The molecule has 4 rings (SSSR count). The van der Waals surface area contributed by atoms with Gasteiger partial charge in [-0.2, -0.15) is 5.10 Å². The molecule has 3 aromatic rings. The van der Waals surface area contributed by atoms with E-state index >= 15 is 0 Å². The topological polar surface area (TPSA) is 115 Å². The largest absolute Gasteiger partial charge is 0.378 e. The van der Waals surface area contributed by atoms with Gasteiger partial charge >= 0.3 is 0 Å². The maximum Gasteiger partial charge on any atom is 0.295 e. The van der Waals surface area contributed by atoms with Crippen LogP contribution in [-0.4, -0.2) is 51.9 Å². The average Bonchev–Trinajstić information content (AvgIpc) is 3.29. The Bertz CT molecular complexity index is 1030. The molecule has 2 heterocycles. The number of carbonyl (C=O) groups is 1. The highest BCUT2D eigenvalue weighted by molar-refractivity contribution is 6.05. The van der Waals surface area contributed by atoms with E-state index in [4.69, 9.17) is 4.74 Å². The van der Waals surface area contributed by atoms with E-state index in [-0.39, 0.29) is 16.9 Å². The first-order chi connectivity index (χ1) is 14.1. The first-order valence-electron chi connectivity index (χ1n) is 8.99. The van der Waals surface area contributed by atoms with Crippen molar-refractivity contribution in [2.24, 2.45) is 0 Å². The van der Waals surface area contributed by atoms with Gasteiger partial charge in [0.1, 0.15) is 18.3 Å². The summed E-state index contributed by atoms with van der Waals surface area (Å²) < 4.78 is 6.65. The van der Waals surface area contributed by atoms with Crippen molar-refractivity contribution in [3.63, 3.8) is 0 Å². The quantitative estimate of drug-likeness (QED) is 0.521. The normalized spacial score (nSPS) is 13.9. The highest BCUT2D eigenvalue weighted by Gasteiger charge is 2.20. The Balaban J connectivity index is 1.56. The van der Waals surface area contributed by atoms with Crippen LogP contribution >= 0.6 is 0 Å². The van der Waals surface area contributed by atoms with Crippen LogP contribution in [0.15, 0.2) is 55.1 Å². The number of rotatable bonds is 5. The number of morpholine rings is 1. The van der Waals surface area contributed by atoms with Gasteiger partial charge in [-0.05, 0) is 30.3 Å². The van der Waals surface area contributed by atoms with Gasteiger partial charge < -0.3 is 15.0 Å². The Morgan fingerprint density at radius 2 is 2.00 bits per heavy atom. The molecule has 29 heavy (non-hydrogen) atoms. The maximum atomic E-state index is 12.7. The van der Waals surface area contributed by atoms with Crippen LogP contribution in [0.1, 0.15) is 10.4 Å². The van der Waals surface area contributed by atoms with E-state index in [0.717, 1.165) is 18.8 Å². The molecular formula is C19H18N6O4. The second kappa shape index (κ2) is 8.07. The van der Waals surface area contributed by atoms with Gasteiger partial charge in [-0.3, -0.25) is 14.9 Å². The summed E-state index contributed by atoms with van der Waals surface area (Å²) in [4.78, 5) is 29.6. The third kappa shape index (κ3) is 4.06. The molecule has 1 N–H and O–H groups in total. The molecular weight excluding hydrogens is 376 g/mol. The summed E-state index contributed by atoms with van der Waals surface area (Å²) in [7, 11) is 0. The second-order valence-electron chi connectivity index (χ2n) is 6.40. The van der Waals surface area contributed by atoms with E-state index in [0.29, 0.717) is 18.9 Å². The van der Waals surface area contributed by atoms with Gasteiger partial charge in [0, 0.05) is 36.1 Å². The highest BCUT2D eigenvalue weighted by atomic mass is 16.6. The van der Waals surface area contributed by atoms with Gasteiger partial charge in [0.05, 0.1) is 18.1 Å². The number of nitro benzene ring substituents is 1. The molecule has 0 aliphatic carbocycles. The molecule has 0 bridgehead atoms. The molecule has 1 fully saturated rings. The molecule has 0 saturated carbocycles. The molecule has 10 heteroatoms. The number of benzene rings is 2. The SMILES string of the molecule is O=C(Nc1cccc(N2CCOCC2)c1)c1ccc(-n2cncn2)c([N+](=O)[O-])c1. The molecule has 1 aliphatic heterocycles. The van der Waals surface area contributed by atoms with Crippen molar-refractivity contribution in [3.05, 3.63) is 70.8 Å². The van der Waals surface area contributed by atoms with Crippen molar-refractivity contribution in [1.29, 1.82) is 0 Å². The van der Waals surface area contributed by atoms with Crippen molar-refractivity contribution >= 4 is 23.0 Å². The van der Waals surface area contributed by atoms with Gasteiger partial charge in [0.15, 0.2) is 0 Å². The Labute approximate surface area is 165 Å². The van der Waals surface area contributed by atoms with Gasteiger partial charge in [-0.1, -0.05) is 6.07 Å². The van der Waals surface area contributed by atoms with Crippen molar-refractivity contribution in [1.82, 2.24) is 14.8 Å². The number of nitrogens with zero attached hydrogens (tertiary/aromatic N) is 5. The smallest absolute Gasteiger partial charge is 0.295 e. The molecule has 1 aliphatic rings. The molecule has 1 amide bonds. The van der Waals surface area contributed by atoms with Crippen LogP contribution in [0.5, 0.6) is 0 Å². The first kappa shape index (κ1) is 18.6. The maximum absolute atomic E-state index is 12.7. The first-order valence-corrected chi connectivity index (χ1v) is 8.99. The summed E-state index contributed by atoms with van der Waals surface area (Å²) in [5.41, 5.74) is 1.78. The van der Waals surface area contributed by atoms with Crippen LogP contribution in [0, 0.1) is 10.1 Å². The number of anilines is 2. The Kier molecular flexibility index (Phi) is 5.16. The molecule has 0 spiro atoms. The number of ether oxygens (including phenoxy) is 1. The molecule has 1 saturated heterocycles. The number of hydrogen-bond acceptors (Lipinski definition) is 7. The van der Waals surface area contributed by atoms with Crippen LogP contribution < -0.4 is 10.2 Å². The van der Waals surface area contributed by atoms with Crippen molar-refractivity contribution in [2.45, 2.75) is 0 Å². The van der Waals surface area contributed by atoms with Crippen LogP contribution in [0.2, 0.25) is 0 Å². The lowest BCUT2D eigenvalue weighted by molar-refractivity contribution is -0.384. The zero-order valence-corrected chi connectivity index (χ0v) is 15.4. The summed E-state index contributed by atoms with van der Waals surface area (Å²) in [6, 6.07) is 11.7. The Morgan fingerprint density at radius 1 is 1.17 bits per heavy atom. The minimum Gasteiger partial charge on any atom is -0.378 e. The minimum atomic E-state index is -0.549. The van der Waals surface area contributed by atoms with E-state index < -0.39 is 10.8 Å². The van der Waals surface area contributed by atoms with E-state index in [1.165, 1.54) is 35.5 Å². The third-order valence-corrected chi connectivity index (χ3v) is 4.58. The van der Waals surface area contributed by atoms with Crippen LogP contribution in [0.25, 0.3) is 5.69 Å². The predicted octanol–water partition coefficient (Wildman–Crippen LogP) is 2.26. The van der Waals surface area contributed by atoms with Crippen LogP contribution in [0.4, 0.5) is 17.1 Å². The molecule has 0 unspecified atom stereocenters. The molecule has 2 aromatic carbocycles. The molecule has 1 aromatic heterocycles. The third-order valence-electron chi connectivity index (χ3n) is 4.58. The fourth-order valence-electron chi connectivity index (χ4n) is 3.14. The lowest BCUT2D eigenvalue weighted by atomic mass is 10.1. The summed E-state index contributed by atoms with van der Waals surface area (Å²) in [5, 5.41) is 18.2. The summed E-state index contributed by atoms with van der Waals surface area (Å²) >= 11 is 0. The van der Waals surface area contributed by atoms with Gasteiger partial charge in [0.2, 0.25) is 0 Å². The van der Waals surface area contributed by atoms with Crippen molar-refractivity contribution in [2.75, 3.05) is 36.5 Å². The number of hydrogen-bond donors (Lipinski definition) is 1. The number of aromatic nitrogens is 3. The Hall–Kier alpha value is -3.79. The van der Waals surface area contributed by atoms with Crippen LogP contribution in [0.3, 0.4) is 0 Å². The monoisotopic (exact) mass is 394 g/mol. The van der Waals surface area contributed by atoms with Crippen LogP contribution in [-0.2, 0) is 4.74 Å². The number of nitrogens with one attached hydrogen (secondary N) is 1. The average molecular weight is 394 g/mol. The standard InChI is InChI=1S/C19H18N6O4/c26-19(22-15-2-1-3-16(11-15)23-6-8-29-9-7-23)14-4-5-17(18(10-14)25(27)28)24-13-20-12-21-24/h1-5,10-13H,6-9H2,(H,22,26). The second-order valence-corrected chi connectivity index (χ2v) is 6.40. The molecule has 0 atom stereocenters.